The summed E-state index contributed by atoms with van der Waals surface area (Å²) in [7, 11) is 0. The molecule has 110 valence electrons. The van der Waals surface area contributed by atoms with Gasteiger partial charge >= 0.3 is 0 Å². The maximum absolute atomic E-state index is 6.22. The zero-order valence-electron chi connectivity index (χ0n) is 12.6. The maximum Gasteiger partial charge on any atom is 0.150 e. The van der Waals surface area contributed by atoms with E-state index in [2.05, 4.69) is 21.8 Å². The zero-order valence-corrected chi connectivity index (χ0v) is 12.6. The minimum absolute atomic E-state index is 0.173. The van der Waals surface area contributed by atoms with Crippen molar-refractivity contribution < 1.29 is 9.47 Å². The van der Waals surface area contributed by atoms with Crippen LogP contribution in [-0.2, 0) is 9.47 Å². The van der Waals surface area contributed by atoms with Gasteiger partial charge in [0.15, 0.2) is 5.82 Å². The number of anilines is 1. The van der Waals surface area contributed by atoms with Crippen LogP contribution in [0.4, 0.5) is 5.82 Å². The van der Waals surface area contributed by atoms with E-state index in [1.165, 1.54) is 0 Å². The molecule has 2 aliphatic rings. The van der Waals surface area contributed by atoms with E-state index in [1.807, 2.05) is 20.0 Å². The first-order valence-electron chi connectivity index (χ1n) is 7.39. The summed E-state index contributed by atoms with van der Waals surface area (Å²) in [6.45, 7) is 9.37. The lowest BCUT2D eigenvalue weighted by atomic mass is 9.93. The number of rotatable bonds is 1. The molecule has 0 aliphatic carbocycles. The van der Waals surface area contributed by atoms with Crippen LogP contribution in [0.3, 0.4) is 0 Å². The number of aryl methyl sites for hydroxylation is 2. The molecular weight excluding hydrogens is 254 g/mol. The molecule has 0 N–H and O–H groups in total. The summed E-state index contributed by atoms with van der Waals surface area (Å²) < 4.78 is 11.9. The van der Waals surface area contributed by atoms with E-state index in [0.29, 0.717) is 6.61 Å². The second kappa shape index (κ2) is 5.30. The fraction of sp³-hybridized carbons (Fsp3) is 0.733. The minimum Gasteiger partial charge on any atom is -0.378 e. The molecule has 0 amide bonds. The standard InChI is InChI=1S/C15H23N3O2/c1-11-7-16-13(3)14(17-11)18-8-12(2)20-15(9-18)5-4-6-19-10-15/h7,12H,4-6,8-10H2,1-3H3/t12-,15-/m0/s1. The summed E-state index contributed by atoms with van der Waals surface area (Å²) in [5.74, 6) is 0.991. The molecule has 2 aliphatic heterocycles. The molecule has 0 aromatic carbocycles. The largest absolute Gasteiger partial charge is 0.378 e. The third-order valence-corrected chi connectivity index (χ3v) is 4.04. The van der Waals surface area contributed by atoms with Crippen LogP contribution in [0.1, 0.15) is 31.2 Å². The van der Waals surface area contributed by atoms with Gasteiger partial charge in [-0.3, -0.25) is 4.98 Å². The Kier molecular flexibility index (Phi) is 3.65. The molecule has 0 unspecified atom stereocenters. The number of hydrogen-bond donors (Lipinski definition) is 0. The topological polar surface area (TPSA) is 47.5 Å². The highest BCUT2D eigenvalue weighted by Gasteiger charge is 2.41. The Labute approximate surface area is 120 Å². The van der Waals surface area contributed by atoms with Gasteiger partial charge in [-0.2, -0.15) is 0 Å². The number of morpholine rings is 1. The van der Waals surface area contributed by atoms with E-state index < -0.39 is 0 Å². The summed E-state index contributed by atoms with van der Waals surface area (Å²) in [5, 5.41) is 0. The van der Waals surface area contributed by atoms with Crippen LogP contribution in [0.15, 0.2) is 6.20 Å². The summed E-state index contributed by atoms with van der Waals surface area (Å²) >= 11 is 0. The predicted octanol–water partition coefficient (Wildman–Crippen LogP) is 1.87. The van der Waals surface area contributed by atoms with Crippen LogP contribution in [-0.4, -0.2) is 48.0 Å². The van der Waals surface area contributed by atoms with Gasteiger partial charge in [0.25, 0.3) is 0 Å². The molecule has 2 fully saturated rings. The third kappa shape index (κ3) is 2.65. The van der Waals surface area contributed by atoms with E-state index >= 15 is 0 Å². The van der Waals surface area contributed by atoms with Gasteiger partial charge in [0.05, 0.1) is 30.6 Å². The highest BCUT2D eigenvalue weighted by atomic mass is 16.6. The average Bonchev–Trinajstić information content (AvgIpc) is 2.41. The Morgan fingerprint density at radius 2 is 2.25 bits per heavy atom. The van der Waals surface area contributed by atoms with Gasteiger partial charge in [-0.25, -0.2) is 4.98 Å². The van der Waals surface area contributed by atoms with Crippen molar-refractivity contribution in [3.05, 3.63) is 17.6 Å². The normalized spacial score (nSPS) is 30.8. The van der Waals surface area contributed by atoms with Crippen LogP contribution in [0.25, 0.3) is 0 Å². The van der Waals surface area contributed by atoms with Crippen molar-refractivity contribution in [2.75, 3.05) is 31.2 Å². The second-order valence-corrected chi connectivity index (χ2v) is 6.07. The molecule has 3 heterocycles. The molecule has 0 saturated carbocycles. The summed E-state index contributed by atoms with van der Waals surface area (Å²) in [5.41, 5.74) is 1.77. The van der Waals surface area contributed by atoms with Crippen molar-refractivity contribution >= 4 is 5.82 Å². The maximum atomic E-state index is 6.22. The zero-order chi connectivity index (χ0) is 14.2. The Bertz CT molecular complexity index is 486. The number of aromatic nitrogens is 2. The van der Waals surface area contributed by atoms with Crippen molar-refractivity contribution in [3.8, 4) is 0 Å². The molecule has 5 nitrogen and oxygen atoms in total. The van der Waals surface area contributed by atoms with Gasteiger partial charge in [0, 0.05) is 19.3 Å². The highest BCUT2D eigenvalue weighted by molar-refractivity contribution is 5.44. The molecule has 20 heavy (non-hydrogen) atoms. The SMILES string of the molecule is Cc1cnc(C)c(N2C[C@H](C)O[C@@]3(CCCOC3)C2)n1. The van der Waals surface area contributed by atoms with Crippen molar-refractivity contribution in [1.82, 2.24) is 9.97 Å². The van der Waals surface area contributed by atoms with Crippen molar-refractivity contribution in [1.29, 1.82) is 0 Å². The first-order chi connectivity index (χ1) is 9.58. The first kappa shape index (κ1) is 13.8. The lowest BCUT2D eigenvalue weighted by molar-refractivity contribution is -0.160. The first-order valence-corrected chi connectivity index (χ1v) is 7.39. The Hall–Kier alpha value is -1.20. The van der Waals surface area contributed by atoms with Crippen LogP contribution in [0.2, 0.25) is 0 Å². The summed E-state index contributed by atoms with van der Waals surface area (Å²) in [6, 6.07) is 0. The quantitative estimate of drug-likeness (QED) is 0.784. The lowest BCUT2D eigenvalue weighted by Crippen LogP contribution is -2.59. The van der Waals surface area contributed by atoms with Gasteiger partial charge in [-0.1, -0.05) is 0 Å². The fourth-order valence-electron chi connectivity index (χ4n) is 3.25. The number of hydrogen-bond acceptors (Lipinski definition) is 5. The molecular formula is C15H23N3O2. The average molecular weight is 277 g/mol. The Morgan fingerprint density at radius 3 is 3.00 bits per heavy atom. The number of ether oxygens (including phenoxy) is 2. The van der Waals surface area contributed by atoms with Crippen molar-refractivity contribution in [2.24, 2.45) is 0 Å². The molecule has 1 aromatic rings. The van der Waals surface area contributed by atoms with Gasteiger partial charge < -0.3 is 14.4 Å². The van der Waals surface area contributed by atoms with E-state index in [1.54, 1.807) is 0 Å². The molecule has 0 bridgehead atoms. The molecule has 3 rings (SSSR count). The number of nitrogens with zero attached hydrogens (tertiary/aromatic N) is 3. The summed E-state index contributed by atoms with van der Waals surface area (Å²) in [4.78, 5) is 11.4. The molecule has 2 atom stereocenters. The monoisotopic (exact) mass is 277 g/mol. The van der Waals surface area contributed by atoms with Crippen LogP contribution < -0.4 is 4.90 Å². The van der Waals surface area contributed by atoms with Crippen molar-refractivity contribution in [3.63, 3.8) is 0 Å². The van der Waals surface area contributed by atoms with Crippen LogP contribution in [0, 0.1) is 13.8 Å². The molecule has 5 heteroatoms. The van der Waals surface area contributed by atoms with E-state index in [4.69, 9.17) is 9.47 Å². The molecule has 0 radical (unpaired) electrons. The lowest BCUT2D eigenvalue weighted by Gasteiger charge is -2.47. The van der Waals surface area contributed by atoms with Crippen LogP contribution in [0.5, 0.6) is 0 Å². The van der Waals surface area contributed by atoms with Gasteiger partial charge in [0.1, 0.15) is 5.60 Å². The molecule has 2 saturated heterocycles. The highest BCUT2D eigenvalue weighted by Crippen LogP contribution is 2.32. The molecule has 1 spiro atoms. The fourth-order valence-corrected chi connectivity index (χ4v) is 3.25. The molecule has 1 aromatic heterocycles. The van der Waals surface area contributed by atoms with Crippen LogP contribution >= 0.6 is 0 Å². The summed E-state index contributed by atoms with van der Waals surface area (Å²) in [6.07, 6.45) is 4.14. The predicted molar refractivity (Wildman–Crippen MR) is 77.1 cm³/mol. The van der Waals surface area contributed by atoms with Gasteiger partial charge in [-0.15, -0.1) is 0 Å². The van der Waals surface area contributed by atoms with Crippen molar-refractivity contribution in [2.45, 2.75) is 45.3 Å². The Balaban J connectivity index is 1.87. The smallest absolute Gasteiger partial charge is 0.150 e. The van der Waals surface area contributed by atoms with Gasteiger partial charge in [-0.05, 0) is 33.6 Å². The van der Waals surface area contributed by atoms with Gasteiger partial charge in [0.2, 0.25) is 0 Å². The Morgan fingerprint density at radius 1 is 1.40 bits per heavy atom. The van der Waals surface area contributed by atoms with E-state index in [-0.39, 0.29) is 11.7 Å². The van der Waals surface area contributed by atoms with E-state index in [9.17, 15) is 0 Å². The second-order valence-electron chi connectivity index (χ2n) is 6.07. The minimum atomic E-state index is -0.173. The van der Waals surface area contributed by atoms with E-state index in [0.717, 1.165) is 49.7 Å². The third-order valence-electron chi connectivity index (χ3n) is 4.04.